The van der Waals surface area contributed by atoms with Crippen molar-refractivity contribution in [3.63, 3.8) is 0 Å². The van der Waals surface area contributed by atoms with Crippen molar-refractivity contribution >= 4 is 33.3 Å². The normalized spacial score (nSPS) is 17.6. The van der Waals surface area contributed by atoms with E-state index in [9.17, 15) is 4.79 Å². The average molecular weight is 347 g/mol. The summed E-state index contributed by atoms with van der Waals surface area (Å²) in [5.41, 5.74) is 1.22. The van der Waals surface area contributed by atoms with E-state index in [4.69, 9.17) is 0 Å². The van der Waals surface area contributed by atoms with Crippen molar-refractivity contribution in [2.24, 2.45) is 13.0 Å². The van der Waals surface area contributed by atoms with Crippen LogP contribution in [0.25, 0.3) is 10.2 Å². The number of hydrogen-bond donors (Lipinski definition) is 1. The summed E-state index contributed by atoms with van der Waals surface area (Å²) in [4.78, 5) is 22.4. The van der Waals surface area contributed by atoms with E-state index in [1.807, 2.05) is 11.6 Å². The highest BCUT2D eigenvalue weighted by atomic mass is 32.2. The molecule has 1 aliphatic rings. The maximum Gasteiger partial charge on any atom is 0.259 e. The second-order valence-electron chi connectivity index (χ2n) is 6.06. The standard InChI is InChI=1S/C15H17N5OS2/c1-8-3-4-9-10(5-8)23-14-12(9)13(21)17-11(18-14)6-22-15-19-16-7-20(15)2/h7-8H,3-6H2,1-2H3,(H,17,18,21)/t8-/m1/s1. The second kappa shape index (κ2) is 5.76. The van der Waals surface area contributed by atoms with E-state index in [1.165, 1.54) is 22.2 Å². The van der Waals surface area contributed by atoms with Gasteiger partial charge in [0, 0.05) is 11.9 Å². The van der Waals surface area contributed by atoms with E-state index >= 15 is 0 Å². The first-order valence-electron chi connectivity index (χ1n) is 7.62. The largest absolute Gasteiger partial charge is 0.312 e. The fourth-order valence-electron chi connectivity index (χ4n) is 3.00. The molecule has 1 atom stereocenters. The number of rotatable bonds is 3. The lowest BCUT2D eigenvalue weighted by Crippen LogP contribution is -2.14. The highest BCUT2D eigenvalue weighted by Crippen LogP contribution is 2.35. The zero-order valence-corrected chi connectivity index (χ0v) is 14.6. The van der Waals surface area contributed by atoms with Gasteiger partial charge >= 0.3 is 0 Å². The molecule has 0 fully saturated rings. The molecule has 0 radical (unpaired) electrons. The van der Waals surface area contributed by atoms with E-state index in [0.29, 0.717) is 17.5 Å². The fraction of sp³-hybridized carbons (Fsp3) is 0.467. The van der Waals surface area contributed by atoms with Crippen molar-refractivity contribution in [3.8, 4) is 0 Å². The number of nitrogens with one attached hydrogen (secondary N) is 1. The number of thioether (sulfide) groups is 1. The summed E-state index contributed by atoms with van der Waals surface area (Å²) in [7, 11) is 1.90. The van der Waals surface area contributed by atoms with Crippen LogP contribution in [-0.4, -0.2) is 24.7 Å². The minimum Gasteiger partial charge on any atom is -0.312 e. The Labute approximate surface area is 141 Å². The molecule has 0 spiro atoms. The molecule has 3 aromatic rings. The Balaban J connectivity index is 1.67. The van der Waals surface area contributed by atoms with Gasteiger partial charge in [-0.2, -0.15) is 0 Å². The molecule has 3 heterocycles. The molecule has 3 aromatic heterocycles. The highest BCUT2D eigenvalue weighted by Gasteiger charge is 2.23. The van der Waals surface area contributed by atoms with Crippen molar-refractivity contribution in [1.29, 1.82) is 0 Å². The molecule has 4 rings (SSSR count). The third-order valence-corrected chi connectivity index (χ3v) is 6.42. The molecular weight excluding hydrogens is 330 g/mol. The lowest BCUT2D eigenvalue weighted by Gasteiger charge is -2.17. The number of aromatic nitrogens is 5. The number of H-pyrrole nitrogens is 1. The van der Waals surface area contributed by atoms with Gasteiger partial charge in [0.2, 0.25) is 0 Å². The number of aryl methyl sites for hydroxylation is 2. The summed E-state index contributed by atoms with van der Waals surface area (Å²) < 4.78 is 1.85. The van der Waals surface area contributed by atoms with Gasteiger partial charge in [-0.1, -0.05) is 18.7 Å². The number of hydrogen-bond acceptors (Lipinski definition) is 6. The SMILES string of the molecule is C[C@@H]1CCc2c(sc3nc(CSc4nncn4C)[nH]c(=O)c23)C1. The van der Waals surface area contributed by atoms with Crippen LogP contribution in [0.4, 0.5) is 0 Å². The van der Waals surface area contributed by atoms with Crippen LogP contribution < -0.4 is 5.56 Å². The summed E-state index contributed by atoms with van der Waals surface area (Å²) in [6.45, 7) is 2.27. The molecule has 6 nitrogen and oxygen atoms in total. The van der Waals surface area contributed by atoms with Gasteiger partial charge in [0.15, 0.2) is 5.16 Å². The van der Waals surface area contributed by atoms with E-state index in [2.05, 4.69) is 27.1 Å². The topological polar surface area (TPSA) is 76.5 Å². The average Bonchev–Trinajstić information content (AvgIpc) is 3.07. The maximum atomic E-state index is 12.5. The predicted octanol–water partition coefficient (Wildman–Crippen LogP) is 2.53. The molecule has 0 saturated heterocycles. The van der Waals surface area contributed by atoms with E-state index in [0.717, 1.165) is 34.6 Å². The molecule has 8 heteroatoms. The smallest absolute Gasteiger partial charge is 0.259 e. The number of thiophene rings is 1. The van der Waals surface area contributed by atoms with Gasteiger partial charge in [-0.05, 0) is 30.7 Å². The first-order valence-corrected chi connectivity index (χ1v) is 9.42. The zero-order chi connectivity index (χ0) is 16.0. The number of nitrogens with zero attached hydrogens (tertiary/aromatic N) is 4. The lowest BCUT2D eigenvalue weighted by atomic mass is 9.89. The van der Waals surface area contributed by atoms with Gasteiger partial charge in [0.1, 0.15) is 17.0 Å². The summed E-state index contributed by atoms with van der Waals surface area (Å²) >= 11 is 3.21. The highest BCUT2D eigenvalue weighted by molar-refractivity contribution is 7.98. The van der Waals surface area contributed by atoms with Gasteiger partial charge in [0.25, 0.3) is 5.56 Å². The Hall–Kier alpha value is -1.67. The van der Waals surface area contributed by atoms with Gasteiger partial charge in [-0.15, -0.1) is 21.5 Å². The first-order chi connectivity index (χ1) is 11.1. The third-order valence-electron chi connectivity index (χ3n) is 4.22. The lowest BCUT2D eigenvalue weighted by molar-refractivity contribution is 0.509. The zero-order valence-electron chi connectivity index (χ0n) is 13.0. The van der Waals surface area contributed by atoms with Gasteiger partial charge in [-0.3, -0.25) is 4.79 Å². The number of aromatic amines is 1. The summed E-state index contributed by atoms with van der Waals surface area (Å²) in [6, 6.07) is 0. The fourth-order valence-corrected chi connectivity index (χ4v) is 5.16. The van der Waals surface area contributed by atoms with Crippen molar-refractivity contribution in [2.45, 2.75) is 37.1 Å². The van der Waals surface area contributed by atoms with Crippen LogP contribution >= 0.6 is 23.1 Å². The Morgan fingerprint density at radius 2 is 2.39 bits per heavy atom. The molecular formula is C15H17N5OS2. The van der Waals surface area contributed by atoms with Crippen LogP contribution in [0.3, 0.4) is 0 Å². The molecule has 0 saturated carbocycles. The van der Waals surface area contributed by atoms with E-state index < -0.39 is 0 Å². The van der Waals surface area contributed by atoms with Crippen LogP contribution in [0.1, 0.15) is 29.6 Å². The Morgan fingerprint density at radius 1 is 1.52 bits per heavy atom. The summed E-state index contributed by atoms with van der Waals surface area (Å²) in [5, 5.41) is 9.51. The van der Waals surface area contributed by atoms with Crippen molar-refractivity contribution in [1.82, 2.24) is 24.7 Å². The monoisotopic (exact) mass is 347 g/mol. The van der Waals surface area contributed by atoms with Gasteiger partial charge < -0.3 is 9.55 Å². The van der Waals surface area contributed by atoms with Crippen LogP contribution in [0.15, 0.2) is 16.3 Å². The number of fused-ring (bicyclic) bond motifs is 3. The van der Waals surface area contributed by atoms with Crippen molar-refractivity contribution in [2.75, 3.05) is 0 Å². The molecule has 0 unspecified atom stereocenters. The molecule has 120 valence electrons. The molecule has 0 bridgehead atoms. The van der Waals surface area contributed by atoms with Crippen molar-refractivity contribution < 1.29 is 0 Å². The quantitative estimate of drug-likeness (QED) is 0.737. The van der Waals surface area contributed by atoms with Gasteiger partial charge in [-0.25, -0.2) is 4.98 Å². The van der Waals surface area contributed by atoms with E-state index in [-0.39, 0.29) is 5.56 Å². The Kier molecular flexibility index (Phi) is 3.73. The molecule has 0 amide bonds. The van der Waals surface area contributed by atoms with Crippen molar-refractivity contribution in [3.05, 3.63) is 32.9 Å². The molecule has 23 heavy (non-hydrogen) atoms. The Bertz CT molecular complexity index is 926. The van der Waals surface area contributed by atoms with Crippen LogP contribution in [0.2, 0.25) is 0 Å². The summed E-state index contributed by atoms with van der Waals surface area (Å²) in [6.07, 6.45) is 4.88. The maximum absolute atomic E-state index is 12.5. The molecule has 0 aromatic carbocycles. The van der Waals surface area contributed by atoms with Gasteiger partial charge in [0.05, 0.1) is 11.1 Å². The summed E-state index contributed by atoms with van der Waals surface area (Å²) in [5.74, 6) is 1.97. The second-order valence-corrected chi connectivity index (χ2v) is 8.08. The van der Waals surface area contributed by atoms with Crippen LogP contribution in [0.5, 0.6) is 0 Å². The minimum absolute atomic E-state index is 0.00406. The Morgan fingerprint density at radius 3 is 3.17 bits per heavy atom. The molecule has 1 N–H and O–H groups in total. The van der Waals surface area contributed by atoms with Crippen LogP contribution in [-0.2, 0) is 25.6 Å². The third kappa shape index (κ3) is 2.70. The molecule has 0 aliphatic heterocycles. The van der Waals surface area contributed by atoms with Crippen LogP contribution in [0, 0.1) is 5.92 Å². The first kappa shape index (κ1) is 14.9. The predicted molar refractivity (Wildman–Crippen MR) is 92.0 cm³/mol. The van der Waals surface area contributed by atoms with E-state index in [1.54, 1.807) is 17.7 Å². The minimum atomic E-state index is -0.00406. The molecule has 1 aliphatic carbocycles.